The van der Waals surface area contributed by atoms with Gasteiger partial charge in [0.25, 0.3) is 0 Å². The van der Waals surface area contributed by atoms with Crippen LogP contribution in [0.15, 0.2) is 53.4 Å². The van der Waals surface area contributed by atoms with E-state index in [0.717, 1.165) is 11.1 Å². The van der Waals surface area contributed by atoms with Gasteiger partial charge in [0.05, 0.1) is 11.4 Å². The third-order valence-corrected chi connectivity index (χ3v) is 5.34. The summed E-state index contributed by atoms with van der Waals surface area (Å²) in [6, 6.07) is 14.0. The van der Waals surface area contributed by atoms with E-state index in [9.17, 15) is 18.0 Å². The smallest absolute Gasteiger partial charge is 0.324 e. The number of alkyl halides is 3. The molecule has 0 atom stereocenters. The van der Waals surface area contributed by atoms with Crippen molar-refractivity contribution < 1.29 is 18.0 Å². The standard InChI is InChI=1S/C19H17F3N4OS2/c1-12-5-4-6-13(9-12)17-24-25-18(28)26(17)10-16(27)23-14-7-2-3-8-15(14)29-11-19(20,21)22/h2-9H,10-11H2,1H3,(H,23,27)(H,25,28). The number of thioether (sulfide) groups is 1. The molecule has 3 rings (SSSR count). The Morgan fingerprint density at radius 1 is 1.24 bits per heavy atom. The largest absolute Gasteiger partial charge is 0.398 e. The lowest BCUT2D eigenvalue weighted by Crippen LogP contribution is -2.20. The molecule has 0 aliphatic heterocycles. The highest BCUT2D eigenvalue weighted by Crippen LogP contribution is 2.32. The first-order valence-corrected chi connectivity index (χ1v) is 9.93. The molecule has 29 heavy (non-hydrogen) atoms. The monoisotopic (exact) mass is 438 g/mol. The highest BCUT2D eigenvalue weighted by molar-refractivity contribution is 7.99. The van der Waals surface area contributed by atoms with Crippen LogP contribution in [0.4, 0.5) is 18.9 Å². The topological polar surface area (TPSA) is 62.7 Å². The van der Waals surface area contributed by atoms with E-state index in [0.29, 0.717) is 28.2 Å². The Balaban J connectivity index is 1.78. The number of aryl methyl sites for hydroxylation is 1. The van der Waals surface area contributed by atoms with Gasteiger partial charge in [0, 0.05) is 10.5 Å². The normalized spacial score (nSPS) is 11.4. The van der Waals surface area contributed by atoms with Crippen molar-refractivity contribution in [1.82, 2.24) is 14.8 Å². The van der Waals surface area contributed by atoms with E-state index in [2.05, 4.69) is 15.5 Å². The number of hydrogen-bond acceptors (Lipinski definition) is 4. The van der Waals surface area contributed by atoms with Crippen molar-refractivity contribution in [3.63, 3.8) is 0 Å². The summed E-state index contributed by atoms with van der Waals surface area (Å²) in [7, 11) is 0. The second-order valence-corrected chi connectivity index (χ2v) is 7.66. The number of rotatable bonds is 6. The van der Waals surface area contributed by atoms with E-state index in [1.165, 1.54) is 6.07 Å². The molecule has 2 N–H and O–H groups in total. The summed E-state index contributed by atoms with van der Waals surface area (Å²) in [5.41, 5.74) is 2.15. The first-order valence-electron chi connectivity index (χ1n) is 8.53. The third kappa shape index (κ3) is 5.70. The lowest BCUT2D eigenvalue weighted by atomic mass is 10.1. The number of carbonyl (C=O) groups is 1. The van der Waals surface area contributed by atoms with Crippen molar-refractivity contribution in [2.75, 3.05) is 11.1 Å². The molecule has 1 heterocycles. The molecule has 2 aromatic carbocycles. The molecule has 0 fully saturated rings. The predicted octanol–water partition coefficient (Wildman–Crippen LogP) is 5.21. The van der Waals surface area contributed by atoms with Crippen LogP contribution < -0.4 is 5.32 Å². The predicted molar refractivity (Wildman–Crippen MR) is 109 cm³/mol. The van der Waals surface area contributed by atoms with E-state index in [1.54, 1.807) is 22.8 Å². The van der Waals surface area contributed by atoms with Gasteiger partial charge in [-0.25, -0.2) is 0 Å². The first-order chi connectivity index (χ1) is 13.7. The molecule has 0 saturated heterocycles. The van der Waals surface area contributed by atoms with Gasteiger partial charge < -0.3 is 5.32 Å². The fourth-order valence-electron chi connectivity index (χ4n) is 2.66. The Morgan fingerprint density at radius 3 is 2.72 bits per heavy atom. The van der Waals surface area contributed by atoms with Gasteiger partial charge in [-0.05, 0) is 37.3 Å². The number of para-hydroxylation sites is 1. The van der Waals surface area contributed by atoms with Crippen LogP contribution in [-0.2, 0) is 11.3 Å². The number of carbonyl (C=O) groups excluding carboxylic acids is 1. The minimum absolute atomic E-state index is 0.128. The fourth-order valence-corrected chi connectivity index (χ4v) is 3.62. The molecular weight excluding hydrogens is 421 g/mol. The minimum atomic E-state index is -4.30. The molecular formula is C19H17F3N4OS2. The van der Waals surface area contributed by atoms with Crippen molar-refractivity contribution in [3.05, 3.63) is 58.9 Å². The fraction of sp³-hybridized carbons (Fsp3) is 0.211. The van der Waals surface area contributed by atoms with E-state index < -0.39 is 17.8 Å². The molecule has 0 unspecified atom stereocenters. The van der Waals surface area contributed by atoms with E-state index >= 15 is 0 Å². The van der Waals surface area contributed by atoms with Gasteiger partial charge in [-0.15, -0.1) is 11.8 Å². The second kappa shape index (κ2) is 8.83. The number of halogens is 3. The lowest BCUT2D eigenvalue weighted by Gasteiger charge is -2.13. The summed E-state index contributed by atoms with van der Waals surface area (Å²) in [6.07, 6.45) is -4.30. The molecule has 1 amide bonds. The molecule has 0 spiro atoms. The molecule has 0 radical (unpaired) electrons. The maximum Gasteiger partial charge on any atom is 0.398 e. The maximum atomic E-state index is 12.6. The summed E-state index contributed by atoms with van der Waals surface area (Å²) in [5.74, 6) is -0.950. The van der Waals surface area contributed by atoms with Crippen LogP contribution in [0.5, 0.6) is 0 Å². The molecule has 5 nitrogen and oxygen atoms in total. The Labute approximate surface area is 174 Å². The van der Waals surface area contributed by atoms with E-state index in [4.69, 9.17) is 12.2 Å². The molecule has 0 aliphatic carbocycles. The number of aromatic nitrogens is 3. The van der Waals surface area contributed by atoms with Gasteiger partial charge in [-0.1, -0.05) is 35.9 Å². The quantitative estimate of drug-likeness (QED) is 0.410. The average Bonchev–Trinajstić information content (AvgIpc) is 3.01. The van der Waals surface area contributed by atoms with Crippen LogP contribution in [0.2, 0.25) is 0 Å². The zero-order valence-electron chi connectivity index (χ0n) is 15.3. The maximum absolute atomic E-state index is 12.6. The van der Waals surface area contributed by atoms with Gasteiger partial charge in [0.2, 0.25) is 5.91 Å². The van der Waals surface area contributed by atoms with Gasteiger partial charge in [-0.3, -0.25) is 14.5 Å². The number of anilines is 1. The highest BCUT2D eigenvalue weighted by Gasteiger charge is 2.27. The Bertz CT molecular complexity index is 1080. The van der Waals surface area contributed by atoms with Crippen LogP contribution >= 0.6 is 24.0 Å². The molecule has 0 saturated carbocycles. The Morgan fingerprint density at radius 2 is 2.00 bits per heavy atom. The van der Waals surface area contributed by atoms with Crippen LogP contribution in [-0.4, -0.2) is 32.6 Å². The summed E-state index contributed by atoms with van der Waals surface area (Å²) < 4.78 is 39.4. The van der Waals surface area contributed by atoms with Crippen molar-refractivity contribution >= 4 is 35.6 Å². The molecule has 0 aliphatic rings. The number of aromatic amines is 1. The number of amides is 1. The highest BCUT2D eigenvalue weighted by atomic mass is 32.2. The third-order valence-electron chi connectivity index (χ3n) is 3.89. The molecule has 152 valence electrons. The number of nitrogens with one attached hydrogen (secondary N) is 2. The van der Waals surface area contributed by atoms with Crippen molar-refractivity contribution in [1.29, 1.82) is 0 Å². The average molecular weight is 439 g/mol. The zero-order valence-corrected chi connectivity index (χ0v) is 16.9. The van der Waals surface area contributed by atoms with Crippen LogP contribution in [0, 0.1) is 11.7 Å². The van der Waals surface area contributed by atoms with Crippen molar-refractivity contribution in [2.45, 2.75) is 24.5 Å². The number of H-pyrrole nitrogens is 1. The summed E-state index contributed by atoms with van der Waals surface area (Å²) in [6.45, 7) is 1.81. The van der Waals surface area contributed by atoms with Gasteiger partial charge in [0.15, 0.2) is 10.6 Å². The van der Waals surface area contributed by atoms with E-state index in [1.807, 2.05) is 31.2 Å². The van der Waals surface area contributed by atoms with Gasteiger partial charge in [-0.2, -0.15) is 18.3 Å². The number of nitrogens with zero attached hydrogens (tertiary/aromatic N) is 2. The van der Waals surface area contributed by atoms with Crippen molar-refractivity contribution in [2.24, 2.45) is 0 Å². The Kier molecular flexibility index (Phi) is 6.43. The first kappa shape index (κ1) is 21.1. The lowest BCUT2D eigenvalue weighted by molar-refractivity contribution is -0.116. The van der Waals surface area contributed by atoms with Crippen LogP contribution in [0.3, 0.4) is 0 Å². The summed E-state index contributed by atoms with van der Waals surface area (Å²) in [5, 5.41) is 9.54. The summed E-state index contributed by atoms with van der Waals surface area (Å²) >= 11 is 5.86. The molecule has 3 aromatic rings. The van der Waals surface area contributed by atoms with Crippen LogP contribution in [0.1, 0.15) is 5.56 Å². The second-order valence-electron chi connectivity index (χ2n) is 6.26. The van der Waals surface area contributed by atoms with Gasteiger partial charge >= 0.3 is 6.18 Å². The van der Waals surface area contributed by atoms with E-state index in [-0.39, 0.29) is 11.3 Å². The number of hydrogen-bond donors (Lipinski definition) is 2. The van der Waals surface area contributed by atoms with Crippen LogP contribution in [0.25, 0.3) is 11.4 Å². The summed E-state index contributed by atoms with van der Waals surface area (Å²) in [4.78, 5) is 12.9. The molecule has 1 aromatic heterocycles. The zero-order chi connectivity index (χ0) is 21.0. The molecule has 10 heteroatoms. The van der Waals surface area contributed by atoms with Crippen molar-refractivity contribution in [3.8, 4) is 11.4 Å². The van der Waals surface area contributed by atoms with Gasteiger partial charge in [0.1, 0.15) is 6.54 Å². The SMILES string of the molecule is Cc1cccc(-c2n[nH]c(=S)n2CC(=O)Nc2ccccc2SCC(F)(F)F)c1. The minimum Gasteiger partial charge on any atom is -0.324 e. The number of benzene rings is 2. The molecule has 0 bridgehead atoms. The Hall–Kier alpha value is -2.59.